The molecule has 27 heavy (non-hydrogen) atoms. The predicted octanol–water partition coefficient (Wildman–Crippen LogP) is 5.11. The number of aliphatic hydroxyl groups is 1. The van der Waals surface area contributed by atoms with Gasteiger partial charge in [-0.3, -0.25) is 4.98 Å². The van der Waals surface area contributed by atoms with Crippen molar-refractivity contribution in [1.29, 1.82) is 0 Å². The molecule has 0 saturated carbocycles. The van der Waals surface area contributed by atoms with Gasteiger partial charge in [0, 0.05) is 33.8 Å². The van der Waals surface area contributed by atoms with Gasteiger partial charge >= 0.3 is 0 Å². The summed E-state index contributed by atoms with van der Waals surface area (Å²) in [6.45, 7) is 5.85. The van der Waals surface area contributed by atoms with Gasteiger partial charge in [0.1, 0.15) is 11.9 Å². The molecule has 3 heterocycles. The van der Waals surface area contributed by atoms with Crippen LogP contribution in [0.5, 0.6) is 5.75 Å². The lowest BCUT2D eigenvalue weighted by atomic mass is 10.0. The average molecular weight is 403 g/mol. The Balaban J connectivity index is 1.86. The number of aryl methyl sites for hydroxylation is 1. The number of hydrogen-bond donors (Lipinski definition) is 2. The van der Waals surface area contributed by atoms with Crippen molar-refractivity contribution in [3.05, 3.63) is 45.9 Å². The molecule has 1 aliphatic rings. The van der Waals surface area contributed by atoms with E-state index in [-0.39, 0.29) is 6.10 Å². The van der Waals surface area contributed by atoms with E-state index < -0.39 is 6.10 Å². The number of halogens is 1. The Hall–Kier alpha value is -1.66. The van der Waals surface area contributed by atoms with Crippen LogP contribution in [0.3, 0.4) is 0 Å². The fourth-order valence-corrected chi connectivity index (χ4v) is 5.00. The summed E-state index contributed by atoms with van der Waals surface area (Å²) in [7, 11) is 0. The van der Waals surface area contributed by atoms with E-state index in [0.717, 1.165) is 57.0 Å². The molecular formula is C21H23ClN2O2S. The molecule has 0 amide bonds. The quantitative estimate of drug-likeness (QED) is 0.622. The van der Waals surface area contributed by atoms with Crippen LogP contribution in [0.2, 0.25) is 5.02 Å². The standard InChI is InChI=1S/C21H23ClN2O2S/c1-3-18(25)19-10-17-21(27-19)15(5-7-24-17)16-9-13(22)8-12(2)20(16)26-14-4-6-23-11-14/h5,7-10,14,18,23,25H,3-4,6,11H2,1-2H3. The van der Waals surface area contributed by atoms with E-state index in [1.807, 2.05) is 44.3 Å². The summed E-state index contributed by atoms with van der Waals surface area (Å²) in [5.74, 6) is 0.881. The van der Waals surface area contributed by atoms with Crippen molar-refractivity contribution in [2.45, 2.75) is 38.9 Å². The Kier molecular flexibility index (Phi) is 5.37. The van der Waals surface area contributed by atoms with Crippen LogP contribution in [0.4, 0.5) is 0 Å². The van der Waals surface area contributed by atoms with Gasteiger partial charge in [-0.15, -0.1) is 11.3 Å². The molecule has 4 nitrogen and oxygen atoms in total. The van der Waals surface area contributed by atoms with Crippen LogP contribution >= 0.6 is 22.9 Å². The number of pyridine rings is 1. The van der Waals surface area contributed by atoms with Crippen molar-refractivity contribution < 1.29 is 9.84 Å². The van der Waals surface area contributed by atoms with E-state index in [1.165, 1.54) is 0 Å². The lowest BCUT2D eigenvalue weighted by Crippen LogP contribution is -2.20. The van der Waals surface area contributed by atoms with Crippen LogP contribution in [-0.2, 0) is 0 Å². The molecule has 0 aliphatic carbocycles. The summed E-state index contributed by atoms with van der Waals surface area (Å²) in [6, 6.07) is 7.90. The summed E-state index contributed by atoms with van der Waals surface area (Å²) < 4.78 is 7.44. The molecule has 2 atom stereocenters. The number of aromatic nitrogens is 1. The molecule has 1 aromatic carbocycles. The number of ether oxygens (including phenoxy) is 1. The highest BCUT2D eigenvalue weighted by molar-refractivity contribution is 7.19. The van der Waals surface area contributed by atoms with Crippen molar-refractivity contribution in [1.82, 2.24) is 10.3 Å². The highest BCUT2D eigenvalue weighted by Gasteiger charge is 2.22. The molecule has 4 rings (SSSR count). The first-order chi connectivity index (χ1) is 13.1. The van der Waals surface area contributed by atoms with Gasteiger partial charge in [0.25, 0.3) is 0 Å². The molecule has 2 aromatic heterocycles. The maximum Gasteiger partial charge on any atom is 0.130 e. The van der Waals surface area contributed by atoms with Crippen molar-refractivity contribution in [3.8, 4) is 16.9 Å². The van der Waals surface area contributed by atoms with Gasteiger partial charge in [0.2, 0.25) is 0 Å². The first-order valence-electron chi connectivity index (χ1n) is 9.31. The van der Waals surface area contributed by atoms with E-state index in [1.54, 1.807) is 11.3 Å². The number of fused-ring (bicyclic) bond motifs is 1. The van der Waals surface area contributed by atoms with Crippen molar-refractivity contribution in [2.75, 3.05) is 13.1 Å². The highest BCUT2D eigenvalue weighted by atomic mass is 35.5. The third-order valence-electron chi connectivity index (χ3n) is 4.98. The van der Waals surface area contributed by atoms with Gasteiger partial charge in [-0.1, -0.05) is 18.5 Å². The molecule has 2 unspecified atom stereocenters. The van der Waals surface area contributed by atoms with Gasteiger partial charge in [-0.25, -0.2) is 0 Å². The summed E-state index contributed by atoms with van der Waals surface area (Å²) in [6.07, 6.45) is 3.20. The molecule has 2 N–H and O–H groups in total. The van der Waals surface area contributed by atoms with Crippen LogP contribution in [0.15, 0.2) is 30.5 Å². The topological polar surface area (TPSA) is 54.4 Å². The second kappa shape index (κ2) is 7.76. The lowest BCUT2D eigenvalue weighted by molar-refractivity contribution is 0.177. The minimum atomic E-state index is -0.460. The van der Waals surface area contributed by atoms with Crippen LogP contribution in [-0.4, -0.2) is 29.3 Å². The number of hydrogen-bond acceptors (Lipinski definition) is 5. The number of nitrogens with one attached hydrogen (secondary N) is 1. The fraction of sp³-hybridized carbons (Fsp3) is 0.381. The largest absolute Gasteiger partial charge is 0.488 e. The Morgan fingerprint density at radius 2 is 2.22 bits per heavy atom. The molecule has 0 bridgehead atoms. The first kappa shape index (κ1) is 18.7. The molecule has 1 saturated heterocycles. The lowest BCUT2D eigenvalue weighted by Gasteiger charge is -2.19. The monoisotopic (exact) mass is 402 g/mol. The second-order valence-electron chi connectivity index (χ2n) is 6.98. The molecule has 1 fully saturated rings. The maximum atomic E-state index is 10.3. The molecule has 142 valence electrons. The zero-order valence-corrected chi connectivity index (χ0v) is 17.0. The Bertz CT molecular complexity index is 966. The first-order valence-corrected chi connectivity index (χ1v) is 10.5. The Morgan fingerprint density at radius 1 is 1.37 bits per heavy atom. The molecule has 0 spiro atoms. The summed E-state index contributed by atoms with van der Waals surface area (Å²) in [5.41, 5.74) is 3.95. The number of thiophene rings is 1. The Labute approximate surface area is 168 Å². The van der Waals surface area contributed by atoms with Crippen LogP contribution in [0, 0.1) is 6.92 Å². The third kappa shape index (κ3) is 3.69. The van der Waals surface area contributed by atoms with Gasteiger partial charge in [-0.05, 0) is 56.1 Å². The minimum Gasteiger partial charge on any atom is -0.488 e. The number of rotatable bonds is 5. The van der Waals surface area contributed by atoms with Gasteiger partial charge < -0.3 is 15.2 Å². The zero-order valence-electron chi connectivity index (χ0n) is 15.5. The van der Waals surface area contributed by atoms with Gasteiger partial charge in [0.05, 0.1) is 16.3 Å². The molecule has 1 aliphatic heterocycles. The molecule has 6 heteroatoms. The smallest absolute Gasteiger partial charge is 0.130 e. The van der Waals surface area contributed by atoms with E-state index in [4.69, 9.17) is 16.3 Å². The van der Waals surface area contributed by atoms with E-state index in [9.17, 15) is 5.11 Å². The maximum absolute atomic E-state index is 10.3. The molecular weight excluding hydrogens is 380 g/mol. The number of nitrogens with zero attached hydrogens (tertiary/aromatic N) is 1. The van der Waals surface area contributed by atoms with Crippen molar-refractivity contribution in [3.63, 3.8) is 0 Å². The third-order valence-corrected chi connectivity index (χ3v) is 6.45. The normalized spacial score (nSPS) is 18.1. The van der Waals surface area contributed by atoms with Gasteiger partial charge in [-0.2, -0.15) is 0 Å². The second-order valence-corrected chi connectivity index (χ2v) is 8.50. The van der Waals surface area contributed by atoms with E-state index in [2.05, 4.69) is 10.3 Å². The minimum absolute atomic E-state index is 0.168. The summed E-state index contributed by atoms with van der Waals surface area (Å²) in [5, 5.41) is 14.3. The summed E-state index contributed by atoms with van der Waals surface area (Å²) in [4.78, 5) is 5.44. The van der Waals surface area contributed by atoms with Crippen molar-refractivity contribution in [2.24, 2.45) is 0 Å². The highest BCUT2D eigenvalue weighted by Crippen LogP contribution is 2.42. The van der Waals surface area contributed by atoms with Crippen LogP contribution in [0.1, 0.15) is 36.3 Å². The number of benzene rings is 1. The average Bonchev–Trinajstić information content (AvgIpc) is 3.32. The number of aliphatic hydroxyl groups excluding tert-OH is 1. The predicted molar refractivity (Wildman–Crippen MR) is 112 cm³/mol. The van der Waals surface area contributed by atoms with Crippen molar-refractivity contribution >= 4 is 33.2 Å². The Morgan fingerprint density at radius 3 is 2.96 bits per heavy atom. The zero-order chi connectivity index (χ0) is 19.0. The molecule has 0 radical (unpaired) electrons. The van der Waals surface area contributed by atoms with Crippen LogP contribution < -0.4 is 10.1 Å². The van der Waals surface area contributed by atoms with Gasteiger partial charge in [0.15, 0.2) is 0 Å². The molecule has 3 aromatic rings. The van der Waals surface area contributed by atoms with Crippen LogP contribution in [0.25, 0.3) is 21.3 Å². The van der Waals surface area contributed by atoms with E-state index in [0.29, 0.717) is 11.4 Å². The SMILES string of the molecule is CCC(O)c1cc2nccc(-c3cc(Cl)cc(C)c3OC3CCNC3)c2s1. The fourth-order valence-electron chi connectivity index (χ4n) is 3.52. The van der Waals surface area contributed by atoms with E-state index >= 15 is 0 Å². The summed E-state index contributed by atoms with van der Waals surface area (Å²) >= 11 is 7.99.